The van der Waals surface area contributed by atoms with Crippen molar-refractivity contribution in [1.82, 2.24) is 0 Å². The van der Waals surface area contributed by atoms with E-state index >= 15 is 0 Å². The lowest BCUT2D eigenvalue weighted by Gasteiger charge is -2.16. The van der Waals surface area contributed by atoms with Crippen molar-refractivity contribution in [3.8, 4) is 11.5 Å². The zero-order chi connectivity index (χ0) is 22.5. The van der Waals surface area contributed by atoms with Gasteiger partial charge in [0.25, 0.3) is 11.8 Å². The number of hydrogen-bond acceptors (Lipinski definition) is 5. The smallest absolute Gasteiger partial charge is 0.272 e. The van der Waals surface area contributed by atoms with Gasteiger partial charge in [0, 0.05) is 11.8 Å². The molecule has 0 unspecified atom stereocenters. The highest BCUT2D eigenvalue weighted by atomic mass is 32.2. The summed E-state index contributed by atoms with van der Waals surface area (Å²) in [5.41, 5.74) is 2.66. The summed E-state index contributed by atoms with van der Waals surface area (Å²) in [7, 11) is 1.55. The van der Waals surface area contributed by atoms with Gasteiger partial charge < -0.3 is 9.47 Å². The molecule has 3 aromatic rings. The van der Waals surface area contributed by atoms with E-state index in [9.17, 15) is 9.59 Å². The Hall–Kier alpha value is -3.51. The Morgan fingerprint density at radius 2 is 1.59 bits per heavy atom. The number of hydrogen-bond donors (Lipinski definition) is 0. The van der Waals surface area contributed by atoms with Crippen molar-refractivity contribution in [2.24, 2.45) is 0 Å². The number of benzene rings is 3. The molecule has 1 aliphatic rings. The molecule has 4 rings (SSSR count). The molecule has 0 aliphatic carbocycles. The fraction of sp³-hybridized carbons (Fsp3) is 0.154. The Bertz CT molecular complexity index is 1160. The second kappa shape index (κ2) is 9.75. The molecule has 0 radical (unpaired) electrons. The van der Waals surface area contributed by atoms with Crippen LogP contribution in [0.1, 0.15) is 18.1 Å². The molecule has 32 heavy (non-hydrogen) atoms. The third kappa shape index (κ3) is 4.41. The fourth-order valence-electron chi connectivity index (χ4n) is 3.50. The van der Waals surface area contributed by atoms with E-state index in [-0.39, 0.29) is 11.8 Å². The summed E-state index contributed by atoms with van der Waals surface area (Å²) >= 11 is 1.38. The van der Waals surface area contributed by atoms with E-state index in [0.717, 1.165) is 11.3 Å². The largest absolute Gasteiger partial charge is 0.497 e. The highest BCUT2D eigenvalue weighted by Gasteiger charge is 2.40. The van der Waals surface area contributed by atoms with Crippen LogP contribution in [0, 0.1) is 0 Å². The zero-order valence-electron chi connectivity index (χ0n) is 17.9. The van der Waals surface area contributed by atoms with Crippen LogP contribution in [0.3, 0.4) is 0 Å². The van der Waals surface area contributed by atoms with Crippen LogP contribution in [0.15, 0.2) is 83.8 Å². The van der Waals surface area contributed by atoms with Crippen molar-refractivity contribution < 1.29 is 19.1 Å². The Morgan fingerprint density at radius 3 is 2.28 bits per heavy atom. The fourth-order valence-corrected chi connectivity index (χ4v) is 4.56. The molecule has 5 nitrogen and oxygen atoms in total. The Morgan fingerprint density at radius 1 is 0.844 bits per heavy atom. The summed E-state index contributed by atoms with van der Waals surface area (Å²) in [6.45, 7) is 2.47. The molecule has 6 heteroatoms. The van der Waals surface area contributed by atoms with Crippen LogP contribution in [-0.2, 0) is 15.3 Å². The predicted octanol–water partition coefficient (Wildman–Crippen LogP) is 5.31. The minimum Gasteiger partial charge on any atom is -0.497 e. The first-order chi connectivity index (χ1) is 15.6. The van der Waals surface area contributed by atoms with Crippen LogP contribution < -0.4 is 14.4 Å². The summed E-state index contributed by atoms with van der Waals surface area (Å²) < 4.78 is 10.8. The standard InChI is InChI=1S/C26H23NO4S/c1-3-31-21-14-12-19(13-15-21)23-24(32-17-18-8-5-4-6-9-18)26(29)27(25(23)28)20-10-7-11-22(16-20)30-2/h4-16H,3,17H2,1-2H3. The van der Waals surface area contributed by atoms with Gasteiger partial charge in [-0.05, 0) is 42.3 Å². The number of imide groups is 1. The van der Waals surface area contributed by atoms with E-state index in [1.807, 2.05) is 61.5 Å². The van der Waals surface area contributed by atoms with Crippen molar-refractivity contribution in [2.75, 3.05) is 18.6 Å². The van der Waals surface area contributed by atoms with E-state index in [4.69, 9.17) is 9.47 Å². The molecule has 162 valence electrons. The van der Waals surface area contributed by atoms with Crippen LogP contribution in [0.5, 0.6) is 11.5 Å². The van der Waals surface area contributed by atoms with Gasteiger partial charge in [0.15, 0.2) is 0 Å². The highest BCUT2D eigenvalue weighted by Crippen LogP contribution is 2.40. The number of anilines is 1. The van der Waals surface area contributed by atoms with Gasteiger partial charge >= 0.3 is 0 Å². The van der Waals surface area contributed by atoms with Gasteiger partial charge in [0.05, 0.1) is 29.9 Å². The zero-order valence-corrected chi connectivity index (χ0v) is 18.7. The van der Waals surface area contributed by atoms with E-state index in [1.54, 1.807) is 31.4 Å². The number of methoxy groups -OCH3 is 1. The molecule has 3 aromatic carbocycles. The molecule has 1 aliphatic heterocycles. The van der Waals surface area contributed by atoms with Crippen LogP contribution in [-0.4, -0.2) is 25.5 Å². The van der Waals surface area contributed by atoms with Gasteiger partial charge in [-0.15, -0.1) is 11.8 Å². The van der Waals surface area contributed by atoms with E-state index in [0.29, 0.717) is 39.8 Å². The quantitative estimate of drug-likeness (QED) is 0.440. The van der Waals surface area contributed by atoms with Gasteiger partial charge in [0.2, 0.25) is 0 Å². The van der Waals surface area contributed by atoms with Crippen molar-refractivity contribution in [1.29, 1.82) is 0 Å². The molecule has 2 amide bonds. The van der Waals surface area contributed by atoms with Crippen molar-refractivity contribution >= 4 is 34.8 Å². The van der Waals surface area contributed by atoms with Gasteiger partial charge in [-0.2, -0.15) is 0 Å². The lowest BCUT2D eigenvalue weighted by molar-refractivity contribution is -0.119. The molecule has 0 spiro atoms. The SMILES string of the molecule is CCOc1ccc(C2=C(SCc3ccccc3)C(=O)N(c3cccc(OC)c3)C2=O)cc1. The summed E-state index contributed by atoms with van der Waals surface area (Å²) in [6.07, 6.45) is 0. The van der Waals surface area contributed by atoms with Crippen LogP contribution in [0.2, 0.25) is 0 Å². The Kier molecular flexibility index (Phi) is 6.61. The first-order valence-electron chi connectivity index (χ1n) is 10.3. The molecule has 0 aromatic heterocycles. The van der Waals surface area contributed by atoms with Crippen LogP contribution in [0.25, 0.3) is 5.57 Å². The molecule has 0 saturated heterocycles. The monoisotopic (exact) mass is 445 g/mol. The maximum atomic E-state index is 13.5. The molecule has 0 fully saturated rings. The number of rotatable bonds is 8. The average Bonchev–Trinajstić information content (AvgIpc) is 3.08. The molecular weight excluding hydrogens is 422 g/mol. The van der Waals surface area contributed by atoms with Crippen molar-refractivity contribution in [2.45, 2.75) is 12.7 Å². The van der Waals surface area contributed by atoms with E-state index in [1.165, 1.54) is 16.7 Å². The van der Waals surface area contributed by atoms with Gasteiger partial charge in [-0.25, -0.2) is 4.90 Å². The first-order valence-corrected chi connectivity index (χ1v) is 11.3. The minimum atomic E-state index is -0.344. The Balaban J connectivity index is 1.72. The lowest BCUT2D eigenvalue weighted by atomic mass is 10.1. The highest BCUT2D eigenvalue weighted by molar-refractivity contribution is 8.03. The molecule has 0 bridgehead atoms. The number of ether oxygens (including phenoxy) is 2. The molecular formula is C26H23NO4S. The molecule has 0 saturated carbocycles. The third-order valence-corrected chi connectivity index (χ3v) is 6.18. The normalized spacial score (nSPS) is 13.6. The minimum absolute atomic E-state index is 0.326. The number of carbonyl (C=O) groups excluding carboxylic acids is 2. The number of thioether (sulfide) groups is 1. The summed E-state index contributed by atoms with van der Waals surface area (Å²) in [6, 6.07) is 24.1. The first kappa shape index (κ1) is 21.7. The van der Waals surface area contributed by atoms with Crippen LogP contribution >= 0.6 is 11.8 Å². The topological polar surface area (TPSA) is 55.8 Å². The predicted molar refractivity (Wildman–Crippen MR) is 128 cm³/mol. The maximum absolute atomic E-state index is 13.5. The summed E-state index contributed by atoms with van der Waals surface area (Å²) in [4.78, 5) is 28.6. The van der Waals surface area contributed by atoms with Gasteiger partial charge in [0.1, 0.15) is 11.5 Å². The van der Waals surface area contributed by atoms with E-state index in [2.05, 4.69) is 0 Å². The summed E-state index contributed by atoms with van der Waals surface area (Å²) in [5, 5.41) is 0. The third-order valence-electron chi connectivity index (χ3n) is 5.03. The van der Waals surface area contributed by atoms with Gasteiger partial charge in [-0.3, -0.25) is 9.59 Å². The second-order valence-corrected chi connectivity index (χ2v) is 8.07. The number of carbonyl (C=O) groups is 2. The Labute approximate surface area is 191 Å². The lowest BCUT2D eigenvalue weighted by Crippen LogP contribution is -2.31. The maximum Gasteiger partial charge on any atom is 0.272 e. The van der Waals surface area contributed by atoms with Crippen molar-refractivity contribution in [3.05, 3.63) is 94.9 Å². The second-order valence-electron chi connectivity index (χ2n) is 7.08. The van der Waals surface area contributed by atoms with Crippen LogP contribution in [0.4, 0.5) is 5.69 Å². The van der Waals surface area contributed by atoms with E-state index < -0.39 is 0 Å². The van der Waals surface area contributed by atoms with Gasteiger partial charge in [-0.1, -0.05) is 48.5 Å². The number of nitrogens with zero attached hydrogens (tertiary/aromatic N) is 1. The average molecular weight is 446 g/mol. The summed E-state index contributed by atoms with van der Waals surface area (Å²) in [5.74, 6) is 1.21. The number of amides is 2. The van der Waals surface area contributed by atoms with Crippen molar-refractivity contribution in [3.63, 3.8) is 0 Å². The molecule has 0 atom stereocenters. The molecule has 0 N–H and O–H groups in total. The molecule has 1 heterocycles.